The van der Waals surface area contributed by atoms with E-state index in [0.717, 1.165) is 50.4 Å². The summed E-state index contributed by atoms with van der Waals surface area (Å²) in [6.07, 6.45) is 12.0. The van der Waals surface area contributed by atoms with Crippen molar-refractivity contribution in [3.05, 3.63) is 77.2 Å². The lowest BCUT2D eigenvalue weighted by molar-refractivity contribution is -0.0275. The zero-order valence-corrected chi connectivity index (χ0v) is 20.9. The fraction of sp³-hybridized carbons (Fsp3) is 0.500. The fourth-order valence-electron chi connectivity index (χ4n) is 5.40. The van der Waals surface area contributed by atoms with Gasteiger partial charge in [0.15, 0.2) is 0 Å². The van der Waals surface area contributed by atoms with Gasteiger partial charge in [0.05, 0.1) is 11.8 Å². The number of hydrogen-bond acceptors (Lipinski definition) is 3. The van der Waals surface area contributed by atoms with Gasteiger partial charge in [-0.05, 0) is 55.8 Å². The van der Waals surface area contributed by atoms with Crippen LogP contribution in [0.15, 0.2) is 54.7 Å². The number of aryl methyl sites for hydroxylation is 3. The van der Waals surface area contributed by atoms with E-state index in [1.54, 1.807) is 0 Å². The Labute approximate surface area is 205 Å². The van der Waals surface area contributed by atoms with Crippen molar-refractivity contribution >= 4 is 0 Å². The van der Waals surface area contributed by atoms with Crippen LogP contribution in [0.4, 0.5) is 0 Å². The van der Waals surface area contributed by atoms with E-state index >= 15 is 0 Å². The van der Waals surface area contributed by atoms with Gasteiger partial charge in [0.25, 0.3) is 0 Å². The number of fused-ring (bicyclic) bond motifs is 2. The van der Waals surface area contributed by atoms with E-state index in [-0.39, 0.29) is 12.2 Å². The number of rotatable bonds is 8. The highest BCUT2D eigenvalue weighted by molar-refractivity contribution is 5.59. The molecule has 0 amide bonds. The Bertz CT molecular complexity index is 1060. The molecule has 1 unspecified atom stereocenters. The lowest BCUT2D eigenvalue weighted by atomic mass is 9.99. The number of nitrogens with zero attached hydrogens (tertiary/aromatic N) is 3. The molecule has 2 aromatic carbocycles. The average Bonchev–Trinajstić information content (AvgIpc) is 3.24. The first kappa shape index (κ1) is 23.3. The van der Waals surface area contributed by atoms with Gasteiger partial charge < -0.3 is 14.2 Å². The Morgan fingerprint density at radius 3 is 2.53 bits per heavy atom. The molecule has 2 aliphatic rings. The summed E-state index contributed by atoms with van der Waals surface area (Å²) in [6.45, 7) is 5.42. The van der Waals surface area contributed by atoms with Gasteiger partial charge in [-0.15, -0.1) is 0 Å². The second-order valence-electron chi connectivity index (χ2n) is 10.2. The Hall–Kier alpha value is -2.43. The van der Waals surface area contributed by atoms with E-state index in [1.807, 2.05) is 0 Å². The maximum absolute atomic E-state index is 6.84. The number of imidazole rings is 1. The van der Waals surface area contributed by atoms with Crippen molar-refractivity contribution < 1.29 is 4.74 Å². The summed E-state index contributed by atoms with van der Waals surface area (Å²) in [7, 11) is 2.20. The molecule has 1 fully saturated rings. The maximum atomic E-state index is 6.84. The number of ether oxygens (including phenoxy) is 1. The van der Waals surface area contributed by atoms with Crippen LogP contribution in [0.25, 0.3) is 11.3 Å². The molecule has 0 aliphatic carbocycles. The molecule has 34 heavy (non-hydrogen) atoms. The highest BCUT2D eigenvalue weighted by Gasteiger charge is 2.30. The third kappa shape index (κ3) is 5.29. The van der Waals surface area contributed by atoms with Crippen LogP contribution in [-0.4, -0.2) is 40.7 Å². The zero-order valence-electron chi connectivity index (χ0n) is 20.9. The Kier molecular flexibility index (Phi) is 7.46. The molecule has 1 atom stereocenters. The first-order chi connectivity index (χ1) is 16.7. The lowest BCUT2D eigenvalue weighted by Gasteiger charge is -2.32. The molecular formula is C30H39N3O. The summed E-state index contributed by atoms with van der Waals surface area (Å²) < 4.78 is 9.18. The molecule has 0 saturated carbocycles. The van der Waals surface area contributed by atoms with Crippen LogP contribution in [0.3, 0.4) is 0 Å². The molecule has 1 aromatic heterocycles. The number of unbranched alkanes of at least 4 members (excludes halogenated alkanes) is 3. The van der Waals surface area contributed by atoms with Gasteiger partial charge >= 0.3 is 0 Å². The van der Waals surface area contributed by atoms with E-state index in [0.29, 0.717) is 0 Å². The molecule has 0 radical (unpaired) electrons. The monoisotopic (exact) mass is 457 g/mol. The van der Waals surface area contributed by atoms with E-state index in [4.69, 9.17) is 9.72 Å². The van der Waals surface area contributed by atoms with Gasteiger partial charge in [-0.2, -0.15) is 0 Å². The summed E-state index contributed by atoms with van der Waals surface area (Å²) in [6, 6.07) is 17.9. The first-order valence-electron chi connectivity index (χ1n) is 13.3. The second-order valence-corrected chi connectivity index (χ2v) is 10.2. The predicted molar refractivity (Wildman–Crippen MR) is 139 cm³/mol. The van der Waals surface area contributed by atoms with Crippen molar-refractivity contribution in [1.82, 2.24) is 14.5 Å². The standard InChI is InChI=1S/C30H39N3O/c1-3-4-5-6-9-23-12-14-25(15-13-23)28-22-33-21-16-24-10-7-8-11-27(24)29(30(33)31-28)34-26-17-19-32(2)20-18-26/h7-8,10-15,22,26,29H,3-6,9,16-21H2,1-2H3. The number of hydrogen-bond donors (Lipinski definition) is 0. The van der Waals surface area contributed by atoms with Crippen LogP contribution in [0, 0.1) is 0 Å². The van der Waals surface area contributed by atoms with E-state index in [2.05, 4.69) is 78.2 Å². The van der Waals surface area contributed by atoms with E-state index in [9.17, 15) is 0 Å². The quantitative estimate of drug-likeness (QED) is 0.365. The molecule has 4 nitrogen and oxygen atoms in total. The summed E-state index contributed by atoms with van der Waals surface area (Å²) in [4.78, 5) is 7.58. The molecule has 0 spiro atoms. The molecule has 2 aliphatic heterocycles. The molecule has 3 aromatic rings. The molecule has 180 valence electrons. The molecule has 4 heteroatoms. The summed E-state index contributed by atoms with van der Waals surface area (Å²) in [5.74, 6) is 1.06. The average molecular weight is 458 g/mol. The van der Waals surface area contributed by atoms with Crippen LogP contribution in [0.1, 0.15) is 74.1 Å². The van der Waals surface area contributed by atoms with Gasteiger partial charge in [0, 0.05) is 31.4 Å². The van der Waals surface area contributed by atoms with Gasteiger partial charge in [0.1, 0.15) is 11.9 Å². The van der Waals surface area contributed by atoms with Gasteiger partial charge in [-0.3, -0.25) is 0 Å². The number of piperidine rings is 1. The van der Waals surface area contributed by atoms with E-state index in [1.165, 1.54) is 54.4 Å². The SMILES string of the molecule is CCCCCCc1ccc(-c2cn3c(n2)C(OC2CCN(C)CC2)c2ccccc2CC3)cc1. The van der Waals surface area contributed by atoms with Crippen LogP contribution in [0.2, 0.25) is 0 Å². The van der Waals surface area contributed by atoms with Crippen molar-refractivity contribution in [2.75, 3.05) is 20.1 Å². The normalized spacial score (nSPS) is 18.9. The summed E-state index contributed by atoms with van der Waals surface area (Å²) in [5, 5.41) is 0. The van der Waals surface area contributed by atoms with Crippen LogP contribution >= 0.6 is 0 Å². The van der Waals surface area contributed by atoms with Crippen molar-refractivity contribution in [1.29, 1.82) is 0 Å². The minimum Gasteiger partial charge on any atom is -0.362 e. The van der Waals surface area contributed by atoms with Crippen LogP contribution < -0.4 is 0 Å². The topological polar surface area (TPSA) is 30.3 Å². The van der Waals surface area contributed by atoms with Crippen molar-refractivity contribution in [3.63, 3.8) is 0 Å². The minimum atomic E-state index is -0.0984. The van der Waals surface area contributed by atoms with Crippen molar-refractivity contribution in [2.45, 2.75) is 77.0 Å². The summed E-state index contributed by atoms with van der Waals surface area (Å²) in [5.41, 5.74) is 6.37. The molecule has 3 heterocycles. The predicted octanol–water partition coefficient (Wildman–Crippen LogP) is 6.43. The first-order valence-corrected chi connectivity index (χ1v) is 13.3. The number of aromatic nitrogens is 2. The van der Waals surface area contributed by atoms with Gasteiger partial charge in [0.2, 0.25) is 0 Å². The summed E-state index contributed by atoms with van der Waals surface area (Å²) >= 11 is 0. The highest BCUT2D eigenvalue weighted by Crippen LogP contribution is 2.35. The van der Waals surface area contributed by atoms with Gasteiger partial charge in [-0.25, -0.2) is 4.98 Å². The Balaban J connectivity index is 1.39. The minimum absolute atomic E-state index is 0.0984. The molecule has 0 bridgehead atoms. The smallest absolute Gasteiger partial charge is 0.143 e. The third-order valence-electron chi connectivity index (χ3n) is 7.56. The number of likely N-dealkylation sites (tertiary alicyclic amines) is 1. The van der Waals surface area contributed by atoms with Crippen molar-refractivity contribution in [3.8, 4) is 11.3 Å². The largest absolute Gasteiger partial charge is 0.362 e. The molecule has 5 rings (SSSR count). The second kappa shape index (κ2) is 10.9. The third-order valence-corrected chi connectivity index (χ3v) is 7.56. The molecular weight excluding hydrogens is 418 g/mol. The van der Waals surface area contributed by atoms with E-state index < -0.39 is 0 Å². The van der Waals surface area contributed by atoms with Crippen LogP contribution in [-0.2, 0) is 24.1 Å². The Morgan fingerprint density at radius 2 is 1.74 bits per heavy atom. The lowest BCUT2D eigenvalue weighted by Crippen LogP contribution is -2.35. The maximum Gasteiger partial charge on any atom is 0.143 e. The highest BCUT2D eigenvalue weighted by atomic mass is 16.5. The molecule has 1 saturated heterocycles. The fourth-order valence-corrected chi connectivity index (χ4v) is 5.40. The Morgan fingerprint density at radius 1 is 0.941 bits per heavy atom. The van der Waals surface area contributed by atoms with Crippen molar-refractivity contribution in [2.24, 2.45) is 0 Å². The number of benzene rings is 2. The molecule has 0 N–H and O–H groups in total. The van der Waals surface area contributed by atoms with Gasteiger partial charge in [-0.1, -0.05) is 74.7 Å². The zero-order chi connectivity index (χ0) is 23.3. The van der Waals surface area contributed by atoms with Crippen LogP contribution in [0.5, 0.6) is 0 Å².